The molecule has 1 aliphatic heterocycles. The van der Waals surface area contributed by atoms with E-state index >= 15 is 0 Å². The van der Waals surface area contributed by atoms with Crippen LogP contribution in [0.5, 0.6) is 0 Å². The molecule has 0 radical (unpaired) electrons. The van der Waals surface area contributed by atoms with Gasteiger partial charge in [-0.1, -0.05) is 19.1 Å². The molecular formula is C13H19BrN2. The normalized spacial score (nSPS) is 25.9. The number of halogens is 1. The fraction of sp³-hybridized carbons (Fsp3) is 0.538. The molecule has 0 aliphatic carbocycles. The molecule has 0 bridgehead atoms. The van der Waals surface area contributed by atoms with E-state index < -0.39 is 0 Å². The smallest absolute Gasteiger partial charge is 0.0513 e. The Bertz CT molecular complexity index is 378. The Morgan fingerprint density at radius 2 is 2.19 bits per heavy atom. The van der Waals surface area contributed by atoms with Gasteiger partial charge in [-0.15, -0.1) is 0 Å². The summed E-state index contributed by atoms with van der Waals surface area (Å²) in [6.45, 7) is 6.49. The molecule has 0 spiro atoms. The van der Waals surface area contributed by atoms with Crippen LogP contribution in [0.4, 0.5) is 5.69 Å². The zero-order valence-corrected chi connectivity index (χ0v) is 11.5. The summed E-state index contributed by atoms with van der Waals surface area (Å²) in [5, 5.41) is 0. The van der Waals surface area contributed by atoms with Crippen molar-refractivity contribution in [1.29, 1.82) is 0 Å². The third kappa shape index (κ3) is 2.25. The molecule has 1 aromatic carbocycles. The van der Waals surface area contributed by atoms with Gasteiger partial charge in [0.15, 0.2) is 0 Å². The third-order valence-corrected chi connectivity index (χ3v) is 4.52. The number of hydrogen-bond acceptors (Lipinski definition) is 2. The highest BCUT2D eigenvalue weighted by molar-refractivity contribution is 9.10. The monoisotopic (exact) mass is 282 g/mol. The fourth-order valence-electron chi connectivity index (χ4n) is 2.26. The van der Waals surface area contributed by atoms with Crippen molar-refractivity contribution >= 4 is 21.6 Å². The summed E-state index contributed by atoms with van der Waals surface area (Å²) in [4.78, 5) is 2.44. The standard InChI is InChI=1S/C13H19BrN2/c1-9-4-3-5-12(13(9)14)16-7-6-11(15)10(2)8-16/h3-5,10-11H,6-8,15H2,1-2H3. The quantitative estimate of drug-likeness (QED) is 0.858. The maximum atomic E-state index is 6.05. The number of rotatable bonds is 1. The van der Waals surface area contributed by atoms with Crippen LogP contribution in [0.2, 0.25) is 0 Å². The molecule has 2 unspecified atom stereocenters. The Morgan fingerprint density at radius 1 is 1.44 bits per heavy atom. The zero-order valence-electron chi connectivity index (χ0n) is 9.91. The lowest BCUT2D eigenvalue weighted by Crippen LogP contribution is -2.46. The minimum atomic E-state index is 0.361. The van der Waals surface area contributed by atoms with E-state index in [-0.39, 0.29) is 0 Å². The molecule has 1 heterocycles. The lowest BCUT2D eigenvalue weighted by atomic mass is 9.94. The van der Waals surface area contributed by atoms with E-state index in [1.165, 1.54) is 15.7 Å². The largest absolute Gasteiger partial charge is 0.370 e. The number of nitrogens with zero attached hydrogens (tertiary/aromatic N) is 1. The lowest BCUT2D eigenvalue weighted by Gasteiger charge is -2.37. The van der Waals surface area contributed by atoms with Gasteiger partial charge in [0.2, 0.25) is 0 Å². The van der Waals surface area contributed by atoms with E-state index in [1.807, 2.05) is 0 Å². The van der Waals surface area contributed by atoms with Crippen molar-refractivity contribution in [1.82, 2.24) is 0 Å². The van der Waals surface area contributed by atoms with Gasteiger partial charge in [0, 0.05) is 23.6 Å². The molecule has 2 nitrogen and oxygen atoms in total. The van der Waals surface area contributed by atoms with Crippen molar-refractivity contribution in [3.8, 4) is 0 Å². The first kappa shape index (κ1) is 11.9. The molecule has 0 amide bonds. The van der Waals surface area contributed by atoms with E-state index in [0.29, 0.717) is 12.0 Å². The summed E-state index contributed by atoms with van der Waals surface area (Å²) in [5.41, 5.74) is 8.64. The molecular weight excluding hydrogens is 264 g/mol. The second-order valence-corrected chi connectivity index (χ2v) is 5.58. The van der Waals surface area contributed by atoms with Gasteiger partial charge >= 0.3 is 0 Å². The van der Waals surface area contributed by atoms with E-state index in [2.05, 4.69) is 52.9 Å². The fourth-order valence-corrected chi connectivity index (χ4v) is 2.77. The van der Waals surface area contributed by atoms with Gasteiger partial charge in [0.05, 0.1) is 5.69 Å². The predicted molar refractivity (Wildman–Crippen MR) is 72.8 cm³/mol. The van der Waals surface area contributed by atoms with Crippen LogP contribution in [-0.4, -0.2) is 19.1 Å². The highest BCUT2D eigenvalue weighted by Crippen LogP contribution is 2.31. The minimum absolute atomic E-state index is 0.361. The predicted octanol–water partition coefficient (Wildman–Crippen LogP) is 2.93. The minimum Gasteiger partial charge on any atom is -0.370 e. The van der Waals surface area contributed by atoms with E-state index in [9.17, 15) is 0 Å². The topological polar surface area (TPSA) is 29.3 Å². The highest BCUT2D eigenvalue weighted by Gasteiger charge is 2.24. The van der Waals surface area contributed by atoms with Crippen molar-refractivity contribution in [2.75, 3.05) is 18.0 Å². The summed E-state index contributed by atoms with van der Waals surface area (Å²) < 4.78 is 1.22. The second kappa shape index (κ2) is 4.76. The van der Waals surface area contributed by atoms with Crippen LogP contribution in [-0.2, 0) is 0 Å². The number of anilines is 1. The Morgan fingerprint density at radius 3 is 2.88 bits per heavy atom. The van der Waals surface area contributed by atoms with Gasteiger partial charge in [0.25, 0.3) is 0 Å². The van der Waals surface area contributed by atoms with Gasteiger partial charge in [0.1, 0.15) is 0 Å². The number of piperidine rings is 1. The lowest BCUT2D eigenvalue weighted by molar-refractivity contribution is 0.382. The van der Waals surface area contributed by atoms with Crippen molar-refractivity contribution in [2.45, 2.75) is 26.3 Å². The molecule has 88 valence electrons. The molecule has 1 saturated heterocycles. The van der Waals surface area contributed by atoms with Crippen molar-refractivity contribution < 1.29 is 0 Å². The van der Waals surface area contributed by atoms with Crippen LogP contribution in [0, 0.1) is 12.8 Å². The maximum Gasteiger partial charge on any atom is 0.0513 e. The molecule has 0 aromatic heterocycles. The number of aryl methyl sites for hydroxylation is 1. The van der Waals surface area contributed by atoms with Crippen LogP contribution in [0.1, 0.15) is 18.9 Å². The van der Waals surface area contributed by atoms with Crippen LogP contribution in [0.25, 0.3) is 0 Å². The average Bonchev–Trinajstić information content (AvgIpc) is 2.26. The molecule has 2 rings (SSSR count). The summed E-state index contributed by atoms with van der Waals surface area (Å²) >= 11 is 3.68. The van der Waals surface area contributed by atoms with E-state index in [4.69, 9.17) is 5.73 Å². The molecule has 16 heavy (non-hydrogen) atoms. The maximum absolute atomic E-state index is 6.05. The van der Waals surface area contributed by atoms with Gasteiger partial charge < -0.3 is 10.6 Å². The van der Waals surface area contributed by atoms with Crippen LogP contribution >= 0.6 is 15.9 Å². The first-order chi connectivity index (χ1) is 7.59. The first-order valence-electron chi connectivity index (χ1n) is 5.85. The Balaban J connectivity index is 2.22. The van der Waals surface area contributed by atoms with Gasteiger partial charge in [-0.05, 0) is 46.8 Å². The van der Waals surface area contributed by atoms with Gasteiger partial charge in [-0.25, -0.2) is 0 Å². The third-order valence-electron chi connectivity index (χ3n) is 3.48. The van der Waals surface area contributed by atoms with Gasteiger partial charge in [-0.2, -0.15) is 0 Å². The summed E-state index contributed by atoms with van der Waals surface area (Å²) in [5.74, 6) is 0.571. The molecule has 1 aliphatic rings. The molecule has 1 fully saturated rings. The summed E-state index contributed by atoms with van der Waals surface area (Å²) in [6, 6.07) is 6.79. The van der Waals surface area contributed by atoms with Crippen LogP contribution < -0.4 is 10.6 Å². The molecule has 2 N–H and O–H groups in total. The molecule has 3 heteroatoms. The van der Waals surface area contributed by atoms with Crippen molar-refractivity contribution in [3.05, 3.63) is 28.2 Å². The van der Waals surface area contributed by atoms with Crippen molar-refractivity contribution in [2.24, 2.45) is 11.7 Å². The Labute approximate surface area is 106 Å². The van der Waals surface area contributed by atoms with Crippen LogP contribution in [0.3, 0.4) is 0 Å². The number of nitrogens with two attached hydrogens (primary N) is 1. The highest BCUT2D eigenvalue weighted by atomic mass is 79.9. The van der Waals surface area contributed by atoms with E-state index in [0.717, 1.165) is 19.5 Å². The van der Waals surface area contributed by atoms with Crippen molar-refractivity contribution in [3.63, 3.8) is 0 Å². The Hall–Kier alpha value is -0.540. The number of benzene rings is 1. The molecule has 2 atom stereocenters. The SMILES string of the molecule is Cc1cccc(N2CCC(N)C(C)C2)c1Br. The van der Waals surface area contributed by atoms with Gasteiger partial charge in [-0.3, -0.25) is 0 Å². The zero-order chi connectivity index (χ0) is 11.7. The second-order valence-electron chi connectivity index (χ2n) is 4.78. The summed E-state index contributed by atoms with van der Waals surface area (Å²) in [6.07, 6.45) is 1.08. The summed E-state index contributed by atoms with van der Waals surface area (Å²) in [7, 11) is 0. The van der Waals surface area contributed by atoms with Crippen LogP contribution in [0.15, 0.2) is 22.7 Å². The number of hydrogen-bond donors (Lipinski definition) is 1. The first-order valence-corrected chi connectivity index (χ1v) is 6.64. The molecule has 0 saturated carbocycles. The van der Waals surface area contributed by atoms with E-state index in [1.54, 1.807) is 0 Å². The average molecular weight is 283 g/mol. The Kier molecular flexibility index (Phi) is 3.55. The molecule has 1 aromatic rings.